The Labute approximate surface area is 179 Å². The Hall–Kier alpha value is -2.13. The van der Waals surface area contributed by atoms with E-state index in [1.165, 1.54) is 25.1 Å². The first-order valence-electron chi connectivity index (χ1n) is 8.59. The number of benzene rings is 2. The molecule has 0 aliphatic heterocycles. The highest BCUT2D eigenvalue weighted by atomic mass is 35.5. The molecule has 0 heterocycles. The van der Waals surface area contributed by atoms with E-state index in [-0.39, 0.29) is 21.0 Å². The molecule has 0 fully saturated rings. The van der Waals surface area contributed by atoms with Crippen molar-refractivity contribution in [3.63, 3.8) is 0 Å². The van der Waals surface area contributed by atoms with Crippen LogP contribution in [0.2, 0.25) is 10.0 Å². The predicted octanol–water partition coefficient (Wildman–Crippen LogP) is 3.08. The summed E-state index contributed by atoms with van der Waals surface area (Å²) in [6, 6.07) is 12.7. The fourth-order valence-corrected chi connectivity index (χ4v) is 3.69. The molecule has 0 spiro atoms. The molecule has 0 radical (unpaired) electrons. The summed E-state index contributed by atoms with van der Waals surface area (Å²) in [5.41, 5.74) is 0.897. The molecule has 2 aromatic carbocycles. The van der Waals surface area contributed by atoms with Gasteiger partial charge < -0.3 is 10.1 Å². The maximum Gasteiger partial charge on any atom is 0.321 e. The number of nitrogens with one attached hydrogen (secondary N) is 2. The van der Waals surface area contributed by atoms with Crippen molar-refractivity contribution in [2.75, 3.05) is 6.54 Å². The van der Waals surface area contributed by atoms with Crippen molar-refractivity contribution in [1.29, 1.82) is 0 Å². The average Bonchev–Trinajstić information content (AvgIpc) is 2.69. The zero-order chi connectivity index (χ0) is 21.6. The van der Waals surface area contributed by atoms with Gasteiger partial charge in [0, 0.05) is 0 Å². The van der Waals surface area contributed by atoms with Crippen LogP contribution in [0.25, 0.3) is 0 Å². The van der Waals surface area contributed by atoms with Crippen molar-refractivity contribution in [3.8, 4) is 0 Å². The second-order valence-corrected chi connectivity index (χ2v) is 8.75. The third kappa shape index (κ3) is 6.71. The first-order chi connectivity index (χ1) is 13.6. The summed E-state index contributed by atoms with van der Waals surface area (Å²) in [7, 11) is -4.00. The zero-order valence-electron chi connectivity index (χ0n) is 15.7. The molecular formula is C19H20Cl2N2O5S. The number of hydrogen-bond donors (Lipinski definition) is 2. The van der Waals surface area contributed by atoms with Crippen LogP contribution in [0.15, 0.2) is 53.4 Å². The molecule has 0 bridgehead atoms. The monoisotopic (exact) mass is 458 g/mol. The minimum absolute atomic E-state index is 0.0648. The lowest BCUT2D eigenvalue weighted by Crippen LogP contribution is -2.39. The molecule has 156 valence electrons. The smallest absolute Gasteiger partial charge is 0.321 e. The molecule has 0 aromatic heterocycles. The molecule has 2 aromatic rings. The Bertz CT molecular complexity index is 983. The van der Waals surface area contributed by atoms with Gasteiger partial charge in [0.2, 0.25) is 10.0 Å². The number of esters is 1. The molecule has 0 saturated heterocycles. The topological polar surface area (TPSA) is 102 Å². The molecule has 2 unspecified atom stereocenters. The lowest BCUT2D eigenvalue weighted by molar-refractivity contribution is -0.153. The van der Waals surface area contributed by atoms with Gasteiger partial charge in [-0.2, -0.15) is 4.72 Å². The van der Waals surface area contributed by atoms with Crippen LogP contribution in [-0.4, -0.2) is 32.9 Å². The predicted molar refractivity (Wildman–Crippen MR) is 110 cm³/mol. The third-order valence-corrected chi connectivity index (χ3v) is 6.08. The fourth-order valence-electron chi connectivity index (χ4n) is 2.33. The van der Waals surface area contributed by atoms with Crippen LogP contribution < -0.4 is 10.0 Å². The van der Waals surface area contributed by atoms with Crippen molar-refractivity contribution in [3.05, 3.63) is 64.1 Å². The lowest BCUT2D eigenvalue weighted by Gasteiger charge is -2.18. The molecule has 10 heteroatoms. The van der Waals surface area contributed by atoms with E-state index >= 15 is 0 Å². The minimum atomic E-state index is -4.00. The number of carbonyl (C=O) groups is 2. The maximum atomic E-state index is 12.2. The fraction of sp³-hybridized carbons (Fsp3) is 0.263. The van der Waals surface area contributed by atoms with Gasteiger partial charge in [-0.25, -0.2) is 8.42 Å². The van der Waals surface area contributed by atoms with Gasteiger partial charge in [-0.15, -0.1) is 0 Å². The third-order valence-electron chi connectivity index (χ3n) is 3.94. The van der Waals surface area contributed by atoms with Gasteiger partial charge in [-0.05, 0) is 37.6 Å². The van der Waals surface area contributed by atoms with Crippen LogP contribution >= 0.6 is 23.2 Å². The largest absolute Gasteiger partial charge is 0.452 e. The number of hydrogen-bond acceptors (Lipinski definition) is 5. The Morgan fingerprint density at radius 2 is 1.69 bits per heavy atom. The summed E-state index contributed by atoms with van der Waals surface area (Å²) in [6.45, 7) is 2.56. The van der Waals surface area contributed by atoms with E-state index in [0.29, 0.717) is 0 Å². The molecule has 1 amide bonds. The average molecular weight is 459 g/mol. The zero-order valence-corrected chi connectivity index (χ0v) is 18.0. The second-order valence-electron chi connectivity index (χ2n) is 6.17. The normalized spacial score (nSPS) is 13.4. The van der Waals surface area contributed by atoms with Crippen molar-refractivity contribution >= 4 is 45.1 Å². The molecule has 2 rings (SSSR count). The van der Waals surface area contributed by atoms with E-state index in [1.807, 2.05) is 30.3 Å². The van der Waals surface area contributed by atoms with E-state index in [4.69, 9.17) is 27.9 Å². The number of amides is 1. The van der Waals surface area contributed by atoms with E-state index in [2.05, 4.69) is 10.0 Å². The van der Waals surface area contributed by atoms with Crippen LogP contribution in [0.4, 0.5) is 0 Å². The van der Waals surface area contributed by atoms with E-state index in [0.717, 1.165) is 5.56 Å². The van der Waals surface area contributed by atoms with Crippen molar-refractivity contribution < 1.29 is 22.7 Å². The minimum Gasteiger partial charge on any atom is -0.452 e. The Balaban J connectivity index is 1.87. The molecule has 2 atom stereocenters. The lowest BCUT2D eigenvalue weighted by atomic mass is 10.1. The molecule has 2 N–H and O–H groups in total. The Kier molecular flexibility index (Phi) is 8.04. The van der Waals surface area contributed by atoms with Crippen molar-refractivity contribution in [1.82, 2.24) is 10.0 Å². The quantitative estimate of drug-likeness (QED) is 0.591. The first kappa shape index (κ1) is 23.2. The molecular weight excluding hydrogens is 439 g/mol. The highest BCUT2D eigenvalue weighted by Crippen LogP contribution is 2.24. The van der Waals surface area contributed by atoms with Crippen LogP contribution in [0.1, 0.15) is 25.5 Å². The summed E-state index contributed by atoms with van der Waals surface area (Å²) in [5.74, 6) is -1.40. The van der Waals surface area contributed by atoms with Gasteiger partial charge in [-0.3, -0.25) is 9.59 Å². The summed E-state index contributed by atoms with van der Waals surface area (Å²) in [5, 5.41) is 3.00. The van der Waals surface area contributed by atoms with E-state index < -0.39 is 34.5 Å². The van der Waals surface area contributed by atoms with Crippen LogP contribution in [0, 0.1) is 0 Å². The van der Waals surface area contributed by atoms with Gasteiger partial charge in [0.25, 0.3) is 5.91 Å². The molecule has 0 saturated carbocycles. The van der Waals surface area contributed by atoms with Crippen molar-refractivity contribution in [2.24, 2.45) is 0 Å². The summed E-state index contributed by atoms with van der Waals surface area (Å²) >= 11 is 11.6. The summed E-state index contributed by atoms with van der Waals surface area (Å²) in [4.78, 5) is 24.0. The molecule has 0 aliphatic rings. The number of carbonyl (C=O) groups excluding carboxylic acids is 2. The SMILES string of the molecule is CC(OC(=O)CNS(=O)(=O)c1ccc(Cl)c(Cl)c1)C(=O)NC(C)c1ccccc1. The number of sulfonamides is 1. The van der Waals surface area contributed by atoms with Gasteiger partial charge >= 0.3 is 5.97 Å². The first-order valence-corrected chi connectivity index (χ1v) is 10.8. The van der Waals surface area contributed by atoms with Crippen LogP contribution in [0.3, 0.4) is 0 Å². The number of ether oxygens (including phenoxy) is 1. The highest BCUT2D eigenvalue weighted by molar-refractivity contribution is 7.89. The van der Waals surface area contributed by atoms with Gasteiger partial charge in [0.15, 0.2) is 6.10 Å². The molecule has 0 aliphatic carbocycles. The van der Waals surface area contributed by atoms with E-state index in [1.54, 1.807) is 6.92 Å². The summed E-state index contributed by atoms with van der Waals surface area (Å²) in [6.07, 6.45) is -1.09. The number of halogens is 2. The maximum absolute atomic E-state index is 12.2. The summed E-state index contributed by atoms with van der Waals surface area (Å²) < 4.78 is 31.5. The highest BCUT2D eigenvalue weighted by Gasteiger charge is 2.22. The van der Waals surface area contributed by atoms with Gasteiger partial charge in [0.1, 0.15) is 6.54 Å². The van der Waals surface area contributed by atoms with Crippen LogP contribution in [0.5, 0.6) is 0 Å². The molecule has 7 nitrogen and oxygen atoms in total. The van der Waals surface area contributed by atoms with Gasteiger partial charge in [-0.1, -0.05) is 53.5 Å². The van der Waals surface area contributed by atoms with Gasteiger partial charge in [0.05, 0.1) is 21.0 Å². The van der Waals surface area contributed by atoms with Crippen LogP contribution in [-0.2, 0) is 24.3 Å². The van der Waals surface area contributed by atoms with Crippen molar-refractivity contribution in [2.45, 2.75) is 30.9 Å². The second kappa shape index (κ2) is 10.1. The standard InChI is InChI=1S/C19H20Cl2N2O5S/c1-12(14-6-4-3-5-7-14)23-19(25)13(2)28-18(24)11-22-29(26,27)15-8-9-16(20)17(21)10-15/h3-10,12-13,22H,11H2,1-2H3,(H,23,25). The van der Waals surface area contributed by atoms with E-state index in [9.17, 15) is 18.0 Å². The Morgan fingerprint density at radius 1 is 1.03 bits per heavy atom. The molecule has 29 heavy (non-hydrogen) atoms. The number of rotatable bonds is 8. The Morgan fingerprint density at radius 3 is 2.31 bits per heavy atom.